The van der Waals surface area contributed by atoms with E-state index in [1.54, 1.807) is 0 Å². The minimum Gasteiger partial charge on any atom is 0 e. The summed E-state index contributed by atoms with van der Waals surface area (Å²) in [5.74, 6) is 1.78. The van der Waals surface area contributed by atoms with Gasteiger partial charge in [0.1, 0.15) is 11.6 Å². The fourth-order valence-electron chi connectivity index (χ4n) is 4.02. The summed E-state index contributed by atoms with van der Waals surface area (Å²) < 4.78 is 63.0. The van der Waals surface area contributed by atoms with Crippen molar-refractivity contribution in [3.63, 3.8) is 0 Å². The smallest absolute Gasteiger partial charge is 0 e. The van der Waals surface area contributed by atoms with Crippen molar-refractivity contribution < 1.29 is 83.6 Å². The second-order valence-electron chi connectivity index (χ2n) is 10.8. The molecule has 3 radical (unpaired) electrons. The Kier molecular flexibility index (Phi) is 34.7. The molecule has 0 atom stereocenters. The first-order chi connectivity index (χ1) is 23.0. The van der Waals surface area contributed by atoms with Crippen molar-refractivity contribution in [2.24, 2.45) is 0 Å². The van der Waals surface area contributed by atoms with Crippen LogP contribution in [-0.4, -0.2) is 29.5 Å². The fourth-order valence-corrected chi connectivity index (χ4v) is 4.62. The van der Waals surface area contributed by atoms with Crippen LogP contribution in [0, 0.1) is 13.8 Å². The average Bonchev–Trinajstić information content (AvgIpc) is 3.45. The molecule has 0 fully saturated rings. The summed E-state index contributed by atoms with van der Waals surface area (Å²) in [4.78, 5) is 0. The zero-order chi connectivity index (χ0) is 37.1. The Labute approximate surface area is 356 Å². The molecule has 0 bridgehead atoms. The SMILES string of the molecule is C1=C\CC/C=C\CC/1.C1=C\CC/C=C\CC/1.C1=C\CC/C=C\CC/1.CCn1c(C)nnc1[S-].CCn1c(C)nnc1[S-].F[P-](F)(F)(F)(F)F.[Rh].[Rh].[Rh]. The van der Waals surface area contributed by atoms with E-state index in [1.165, 1.54) is 77.0 Å². The number of hydrogen-bond acceptors (Lipinski definition) is 6. The molecular weight excluding hydrogens is 1010 g/mol. The van der Waals surface area contributed by atoms with Gasteiger partial charge in [-0.1, -0.05) is 72.9 Å². The minimum absolute atomic E-state index is 0. The van der Waals surface area contributed by atoms with E-state index in [9.17, 15) is 25.2 Å². The van der Waals surface area contributed by atoms with E-state index in [2.05, 4.69) is 93.3 Å². The summed E-state index contributed by atoms with van der Waals surface area (Å²) in [6, 6.07) is 0. The fraction of sp³-hybridized carbons (Fsp3) is 0.529. The molecule has 0 N–H and O–H groups in total. The Bertz CT molecular complexity index is 1120. The van der Waals surface area contributed by atoms with Crippen molar-refractivity contribution in [2.45, 2.75) is 128 Å². The maximum atomic E-state index is 9.87. The van der Waals surface area contributed by atoms with Gasteiger partial charge in [-0.05, 0) is 105 Å². The number of aryl methyl sites for hydroxylation is 2. The van der Waals surface area contributed by atoms with Gasteiger partial charge in [-0.2, -0.15) is 10.2 Å². The summed E-state index contributed by atoms with van der Waals surface area (Å²) in [7, 11) is -10.7. The third-order valence-electron chi connectivity index (χ3n) is 6.44. The van der Waals surface area contributed by atoms with Gasteiger partial charge < -0.3 is 34.4 Å². The first-order valence-electron chi connectivity index (χ1n) is 16.6. The summed E-state index contributed by atoms with van der Waals surface area (Å²) in [5.41, 5.74) is 0. The standard InChI is InChI=1S/3C8H12.2C5H9N3S.F6P.3Rh/c3*1-2-4-6-8-7-5-3-1;2*1-3-8-4(2)6-7-5(8)9;1-7(2,3,4,5)6;;;/h3*1-2,7-8H,3-6H2;2*3H2,1-2H3,(H,7,9);;;;/q;;;;;-1;;;/p-2/b3*2-1-,8-7-;;;;;;. The minimum atomic E-state index is -10.7. The van der Waals surface area contributed by atoms with Crippen molar-refractivity contribution in [3.05, 3.63) is 84.6 Å². The molecule has 3 aliphatic carbocycles. The Morgan fingerprint density at radius 1 is 0.442 bits per heavy atom. The summed E-state index contributed by atoms with van der Waals surface area (Å²) in [6.07, 6.45) is 42.0. The summed E-state index contributed by atoms with van der Waals surface area (Å²) in [6.45, 7) is 9.55. The van der Waals surface area contributed by atoms with Crippen molar-refractivity contribution >= 4 is 33.1 Å². The van der Waals surface area contributed by atoms with Gasteiger partial charge in [-0.15, -0.1) is 10.2 Å². The van der Waals surface area contributed by atoms with Gasteiger partial charge in [-0.3, -0.25) is 0 Å². The summed E-state index contributed by atoms with van der Waals surface area (Å²) in [5, 5.41) is 16.2. The van der Waals surface area contributed by atoms with Crippen LogP contribution in [0.5, 0.6) is 0 Å². The molecule has 0 amide bonds. The van der Waals surface area contributed by atoms with Crippen molar-refractivity contribution in [3.8, 4) is 0 Å². The van der Waals surface area contributed by atoms with Gasteiger partial charge >= 0.3 is 33.0 Å². The molecule has 0 aromatic carbocycles. The molecule has 0 saturated carbocycles. The molecule has 2 heterocycles. The van der Waals surface area contributed by atoms with Gasteiger partial charge in [0.15, 0.2) is 0 Å². The molecule has 0 aliphatic heterocycles. The van der Waals surface area contributed by atoms with E-state index in [4.69, 9.17) is 25.3 Å². The van der Waals surface area contributed by atoms with Gasteiger partial charge in [0.2, 0.25) is 0 Å². The molecule has 0 spiro atoms. The Morgan fingerprint density at radius 2 is 0.596 bits per heavy atom. The molecule has 0 unspecified atom stereocenters. The van der Waals surface area contributed by atoms with Crippen LogP contribution in [-0.2, 0) is 96.8 Å². The quantitative estimate of drug-likeness (QED) is 0.0982. The van der Waals surface area contributed by atoms with Crippen LogP contribution in [0.1, 0.15) is 103 Å². The second-order valence-corrected chi connectivity index (χ2v) is 13.4. The van der Waals surface area contributed by atoms with E-state index in [0.717, 1.165) is 24.7 Å². The molecule has 307 valence electrons. The predicted molar refractivity (Wildman–Crippen MR) is 196 cm³/mol. The Balaban J connectivity index is -0.000000263. The van der Waals surface area contributed by atoms with Crippen LogP contribution >= 0.6 is 7.81 Å². The van der Waals surface area contributed by atoms with E-state index in [0.29, 0.717) is 10.3 Å². The molecule has 2 aromatic heterocycles. The van der Waals surface area contributed by atoms with Crippen LogP contribution in [0.15, 0.2) is 83.2 Å². The molecule has 3 aliphatic rings. The van der Waals surface area contributed by atoms with Crippen molar-refractivity contribution in [1.29, 1.82) is 0 Å². The van der Waals surface area contributed by atoms with Crippen LogP contribution in [0.4, 0.5) is 25.2 Å². The number of aromatic nitrogens is 6. The number of nitrogens with zero attached hydrogens (tertiary/aromatic N) is 6. The zero-order valence-corrected chi connectivity index (χ0v) is 37.5. The molecule has 52 heavy (non-hydrogen) atoms. The predicted octanol–water partition coefficient (Wildman–Crippen LogP) is 12.4. The number of hydrogen-bond donors (Lipinski definition) is 0. The largest absolute Gasteiger partial charge is 0 e. The normalized spacial score (nSPS) is 19.5. The Hall–Kier alpha value is -0.960. The number of halogens is 6. The molecule has 2 aromatic rings. The topological polar surface area (TPSA) is 61.4 Å². The van der Waals surface area contributed by atoms with Crippen LogP contribution in [0.3, 0.4) is 0 Å². The third kappa shape index (κ3) is 40.2. The van der Waals surface area contributed by atoms with E-state index >= 15 is 0 Å². The van der Waals surface area contributed by atoms with Gasteiger partial charge in [0.25, 0.3) is 0 Å². The van der Waals surface area contributed by atoms with Gasteiger partial charge in [0, 0.05) is 81.8 Å². The third-order valence-corrected chi connectivity index (χ3v) is 7.04. The van der Waals surface area contributed by atoms with Gasteiger partial charge in [0.05, 0.1) is 0 Å². The zero-order valence-electron chi connectivity index (χ0n) is 30.0. The van der Waals surface area contributed by atoms with Crippen LogP contribution in [0.25, 0.3) is 0 Å². The van der Waals surface area contributed by atoms with E-state index in [1.807, 2.05) is 36.8 Å². The van der Waals surface area contributed by atoms with Crippen molar-refractivity contribution in [2.75, 3.05) is 0 Å². The maximum absolute atomic E-state index is 10.7. The monoisotopic (exact) mass is 1060 g/mol. The average molecular weight is 1060 g/mol. The second kappa shape index (κ2) is 31.3. The van der Waals surface area contributed by atoms with Gasteiger partial charge in [-0.25, -0.2) is 0 Å². The van der Waals surface area contributed by atoms with Crippen molar-refractivity contribution in [1.82, 2.24) is 29.5 Å². The first kappa shape index (κ1) is 57.8. The molecular formula is C34H52F6N6PRh3S2-3. The van der Waals surface area contributed by atoms with E-state index < -0.39 is 7.81 Å². The Morgan fingerprint density at radius 3 is 0.673 bits per heavy atom. The maximum Gasteiger partial charge on any atom is 0 e. The molecule has 0 saturated heterocycles. The van der Waals surface area contributed by atoms with Crippen LogP contribution in [0.2, 0.25) is 0 Å². The number of allylic oxidation sites excluding steroid dienone is 12. The van der Waals surface area contributed by atoms with Crippen LogP contribution < -0.4 is 0 Å². The molecule has 6 nitrogen and oxygen atoms in total. The summed E-state index contributed by atoms with van der Waals surface area (Å²) >= 11 is 9.72. The number of rotatable bonds is 2. The molecule has 18 heteroatoms. The first-order valence-corrected chi connectivity index (χ1v) is 19.4. The molecule has 5 rings (SSSR count). The van der Waals surface area contributed by atoms with E-state index in [-0.39, 0.29) is 58.4 Å².